The number of aliphatic hydroxyl groups is 3. The van der Waals surface area contributed by atoms with Crippen LogP contribution in [0.2, 0.25) is 0 Å². The Kier molecular flexibility index (Phi) is 41.1. The molecule has 0 bridgehead atoms. The Bertz CT molecular complexity index is 713. The fourth-order valence-corrected chi connectivity index (χ4v) is 7.28. The van der Waals surface area contributed by atoms with Gasteiger partial charge in [-0.1, -0.05) is 219 Å². The van der Waals surface area contributed by atoms with E-state index < -0.39 is 18.2 Å². The topological polar surface area (TPSA) is 89.8 Å². The molecule has 0 saturated heterocycles. The Morgan fingerprint density at radius 1 is 0.471 bits per heavy atom. The lowest BCUT2D eigenvalue weighted by atomic mass is 9.99. The molecule has 304 valence electrons. The molecular formula is C46H91NO4. The first-order valence-corrected chi connectivity index (χ1v) is 23.0. The van der Waals surface area contributed by atoms with Crippen molar-refractivity contribution in [2.75, 3.05) is 6.61 Å². The minimum atomic E-state index is -1.14. The highest BCUT2D eigenvalue weighted by atomic mass is 16.3. The third-order valence-corrected chi connectivity index (χ3v) is 10.9. The van der Waals surface area contributed by atoms with Gasteiger partial charge >= 0.3 is 0 Å². The molecule has 0 fully saturated rings. The molecule has 0 aromatic rings. The zero-order valence-corrected chi connectivity index (χ0v) is 34.5. The van der Waals surface area contributed by atoms with E-state index in [1.807, 2.05) is 0 Å². The maximum Gasteiger partial charge on any atom is 0.220 e. The van der Waals surface area contributed by atoms with E-state index in [9.17, 15) is 20.1 Å². The van der Waals surface area contributed by atoms with Gasteiger partial charge in [0.1, 0.15) is 6.10 Å². The standard InChI is InChI=1S/C46H91NO4/c1-3-5-7-9-11-13-15-17-19-21-22-23-24-25-26-28-30-32-34-36-38-40-44(49)46(51)43(42-48)47-45(50)41-39-37-35-33-31-29-27-20-18-16-14-12-10-8-6-4-2/h20,27,43-44,46,48-49,51H,3-19,21-26,28-42H2,1-2H3,(H,47,50)/b27-20-. The van der Waals surface area contributed by atoms with Crippen LogP contribution in [0.3, 0.4) is 0 Å². The number of amides is 1. The van der Waals surface area contributed by atoms with Crippen LogP contribution in [-0.4, -0.2) is 46.1 Å². The second-order valence-corrected chi connectivity index (χ2v) is 16.0. The largest absolute Gasteiger partial charge is 0.394 e. The predicted octanol–water partition coefficient (Wildman–Crippen LogP) is 13.2. The molecule has 0 spiro atoms. The Balaban J connectivity index is 3.59. The van der Waals surface area contributed by atoms with Crippen LogP contribution >= 0.6 is 0 Å². The normalized spacial score (nSPS) is 13.6. The summed E-state index contributed by atoms with van der Waals surface area (Å²) < 4.78 is 0. The van der Waals surface area contributed by atoms with Crippen molar-refractivity contribution in [3.8, 4) is 0 Å². The highest BCUT2D eigenvalue weighted by Gasteiger charge is 2.26. The maximum absolute atomic E-state index is 12.4. The molecule has 0 heterocycles. The zero-order chi connectivity index (χ0) is 37.3. The molecule has 0 aliphatic rings. The first-order valence-electron chi connectivity index (χ1n) is 23.0. The molecule has 0 aromatic heterocycles. The summed E-state index contributed by atoms with van der Waals surface area (Å²) >= 11 is 0. The summed E-state index contributed by atoms with van der Waals surface area (Å²) in [7, 11) is 0. The van der Waals surface area contributed by atoms with Crippen LogP contribution < -0.4 is 5.32 Å². The second-order valence-electron chi connectivity index (χ2n) is 16.0. The molecule has 0 aromatic carbocycles. The van der Waals surface area contributed by atoms with Gasteiger partial charge in [-0.3, -0.25) is 4.79 Å². The van der Waals surface area contributed by atoms with Crippen LogP contribution in [-0.2, 0) is 4.79 Å². The average molecular weight is 722 g/mol. The molecule has 0 aliphatic heterocycles. The molecule has 51 heavy (non-hydrogen) atoms. The van der Waals surface area contributed by atoms with E-state index >= 15 is 0 Å². The Morgan fingerprint density at radius 2 is 0.784 bits per heavy atom. The van der Waals surface area contributed by atoms with Crippen molar-refractivity contribution in [2.24, 2.45) is 0 Å². The van der Waals surface area contributed by atoms with Crippen LogP contribution in [0.15, 0.2) is 12.2 Å². The van der Waals surface area contributed by atoms with E-state index in [1.165, 1.54) is 180 Å². The minimum Gasteiger partial charge on any atom is -0.394 e. The highest BCUT2D eigenvalue weighted by Crippen LogP contribution is 2.17. The third-order valence-electron chi connectivity index (χ3n) is 10.9. The first-order chi connectivity index (χ1) is 25.1. The first kappa shape index (κ1) is 50.1. The number of carbonyl (C=O) groups is 1. The van der Waals surface area contributed by atoms with E-state index in [-0.39, 0.29) is 12.5 Å². The molecule has 5 heteroatoms. The number of hydrogen-bond donors (Lipinski definition) is 4. The van der Waals surface area contributed by atoms with Crippen LogP contribution in [0, 0.1) is 0 Å². The third kappa shape index (κ3) is 37.2. The summed E-state index contributed by atoms with van der Waals surface area (Å²) in [6.45, 7) is 4.19. The molecule has 0 aliphatic carbocycles. The summed E-state index contributed by atoms with van der Waals surface area (Å²) in [4.78, 5) is 12.4. The molecule has 3 atom stereocenters. The van der Waals surface area contributed by atoms with Crippen molar-refractivity contribution in [2.45, 2.75) is 270 Å². The number of aliphatic hydroxyl groups excluding tert-OH is 3. The Morgan fingerprint density at radius 3 is 1.14 bits per heavy atom. The SMILES string of the molecule is CCCCCCCCC/C=C\CCCCCCCC(=O)NC(CO)C(O)C(O)CCCCCCCCCCCCCCCCCCCCCCC. The van der Waals surface area contributed by atoms with Crippen molar-refractivity contribution < 1.29 is 20.1 Å². The minimum absolute atomic E-state index is 0.150. The van der Waals surface area contributed by atoms with E-state index in [1.54, 1.807) is 0 Å². The number of carbonyl (C=O) groups excluding carboxylic acids is 1. The van der Waals surface area contributed by atoms with Gasteiger partial charge in [-0.2, -0.15) is 0 Å². The van der Waals surface area contributed by atoms with Gasteiger partial charge in [-0.05, 0) is 38.5 Å². The predicted molar refractivity (Wildman–Crippen MR) is 222 cm³/mol. The summed E-state index contributed by atoms with van der Waals surface area (Å²) in [5.74, 6) is -0.150. The number of unbranched alkanes of at least 4 members (excludes halogenated alkanes) is 32. The van der Waals surface area contributed by atoms with E-state index in [2.05, 4.69) is 31.3 Å². The lowest BCUT2D eigenvalue weighted by Crippen LogP contribution is -2.50. The van der Waals surface area contributed by atoms with E-state index in [0.29, 0.717) is 12.8 Å². The molecular weight excluding hydrogens is 631 g/mol. The summed E-state index contributed by atoms with van der Waals surface area (Å²) in [6.07, 6.45) is 48.9. The highest BCUT2D eigenvalue weighted by molar-refractivity contribution is 5.76. The summed E-state index contributed by atoms with van der Waals surface area (Å²) in [6, 6.07) is -0.810. The maximum atomic E-state index is 12.4. The molecule has 3 unspecified atom stereocenters. The van der Waals surface area contributed by atoms with Crippen LogP contribution in [0.4, 0.5) is 0 Å². The number of rotatable bonds is 42. The van der Waals surface area contributed by atoms with Crippen molar-refractivity contribution >= 4 is 5.91 Å². The van der Waals surface area contributed by atoms with Gasteiger partial charge in [0.25, 0.3) is 0 Å². The smallest absolute Gasteiger partial charge is 0.220 e. The average Bonchev–Trinajstić information content (AvgIpc) is 3.13. The number of hydrogen-bond acceptors (Lipinski definition) is 4. The monoisotopic (exact) mass is 722 g/mol. The fraction of sp³-hybridized carbons (Fsp3) is 0.935. The van der Waals surface area contributed by atoms with Gasteiger partial charge in [-0.25, -0.2) is 0 Å². The van der Waals surface area contributed by atoms with Crippen molar-refractivity contribution in [3.05, 3.63) is 12.2 Å². The summed E-state index contributed by atoms with van der Waals surface area (Å²) in [5, 5.41) is 33.6. The van der Waals surface area contributed by atoms with Crippen molar-refractivity contribution in [1.29, 1.82) is 0 Å². The van der Waals surface area contributed by atoms with Crippen molar-refractivity contribution in [1.82, 2.24) is 5.32 Å². The number of nitrogens with one attached hydrogen (secondary N) is 1. The van der Waals surface area contributed by atoms with Gasteiger partial charge < -0.3 is 20.6 Å². The molecule has 0 saturated carbocycles. The lowest BCUT2D eigenvalue weighted by molar-refractivity contribution is -0.124. The van der Waals surface area contributed by atoms with Gasteiger partial charge in [0, 0.05) is 6.42 Å². The fourth-order valence-electron chi connectivity index (χ4n) is 7.28. The molecule has 1 amide bonds. The lowest BCUT2D eigenvalue weighted by Gasteiger charge is -2.26. The Labute approximate surface area is 319 Å². The van der Waals surface area contributed by atoms with E-state index in [4.69, 9.17) is 0 Å². The molecule has 5 nitrogen and oxygen atoms in total. The van der Waals surface area contributed by atoms with Crippen LogP contribution in [0.25, 0.3) is 0 Å². The van der Waals surface area contributed by atoms with E-state index in [0.717, 1.165) is 44.9 Å². The molecule has 0 radical (unpaired) electrons. The van der Waals surface area contributed by atoms with Gasteiger partial charge in [0.05, 0.1) is 18.8 Å². The van der Waals surface area contributed by atoms with Crippen LogP contribution in [0.5, 0.6) is 0 Å². The Hall–Kier alpha value is -0.910. The quantitative estimate of drug-likeness (QED) is 0.0373. The zero-order valence-electron chi connectivity index (χ0n) is 34.5. The summed E-state index contributed by atoms with van der Waals surface area (Å²) in [5.41, 5.74) is 0. The van der Waals surface area contributed by atoms with Gasteiger partial charge in [0.2, 0.25) is 5.91 Å². The van der Waals surface area contributed by atoms with Gasteiger partial charge in [-0.15, -0.1) is 0 Å². The van der Waals surface area contributed by atoms with Crippen molar-refractivity contribution in [3.63, 3.8) is 0 Å². The molecule has 4 N–H and O–H groups in total. The second kappa shape index (κ2) is 41.8. The van der Waals surface area contributed by atoms with Gasteiger partial charge in [0.15, 0.2) is 0 Å². The molecule has 0 rings (SSSR count). The number of allylic oxidation sites excluding steroid dienone is 2. The van der Waals surface area contributed by atoms with Crippen LogP contribution in [0.1, 0.15) is 251 Å².